The van der Waals surface area contributed by atoms with E-state index in [1.54, 1.807) is 5.57 Å². The van der Waals surface area contributed by atoms with Gasteiger partial charge in [-0.15, -0.1) is 0 Å². The van der Waals surface area contributed by atoms with Crippen molar-refractivity contribution in [1.82, 2.24) is 0 Å². The first-order chi connectivity index (χ1) is 16.2. The molecule has 0 aromatic rings. The zero-order chi connectivity index (χ0) is 24.9. The number of hydrogen-bond acceptors (Lipinski definition) is 4. The van der Waals surface area contributed by atoms with Crippen LogP contribution in [-0.4, -0.2) is 46.3 Å². The second-order valence-electron chi connectivity index (χ2n) is 11.6. The van der Waals surface area contributed by atoms with Gasteiger partial charge in [0.15, 0.2) is 0 Å². The molecule has 3 aliphatic rings. The lowest BCUT2D eigenvalue weighted by molar-refractivity contribution is -0.0365. The molecule has 0 amide bonds. The number of ether oxygens (including phenoxy) is 1. The molecule has 0 heterocycles. The van der Waals surface area contributed by atoms with E-state index in [9.17, 15) is 15.3 Å². The van der Waals surface area contributed by atoms with Gasteiger partial charge in [-0.2, -0.15) is 0 Å². The molecule has 0 bridgehead atoms. The fourth-order valence-corrected chi connectivity index (χ4v) is 7.21. The van der Waals surface area contributed by atoms with Crippen molar-refractivity contribution in [2.45, 2.75) is 116 Å². The Labute approximate surface area is 208 Å². The molecule has 4 heteroatoms. The van der Waals surface area contributed by atoms with Gasteiger partial charge in [0.1, 0.15) is 0 Å². The molecule has 6 atom stereocenters. The van der Waals surface area contributed by atoms with Gasteiger partial charge in [0, 0.05) is 12.5 Å². The fraction of sp³-hybridized carbons (Fsp3) is 0.800. The fourth-order valence-electron chi connectivity index (χ4n) is 7.21. The maximum Gasteiger partial charge on any atom is 0.0643 e. The molecular formula is C30H50O4. The summed E-state index contributed by atoms with van der Waals surface area (Å²) in [7, 11) is 0. The Bertz CT molecular complexity index is 749. The quantitative estimate of drug-likeness (QED) is 0.334. The van der Waals surface area contributed by atoms with Crippen LogP contribution in [0.2, 0.25) is 0 Å². The molecule has 0 aliphatic heterocycles. The van der Waals surface area contributed by atoms with E-state index in [4.69, 9.17) is 4.74 Å². The molecule has 3 fully saturated rings. The molecule has 4 nitrogen and oxygen atoms in total. The number of rotatable bonds is 10. The minimum Gasteiger partial charge on any atom is -0.396 e. The highest BCUT2D eigenvalue weighted by molar-refractivity contribution is 5.38. The summed E-state index contributed by atoms with van der Waals surface area (Å²) in [6.07, 6.45) is 15.0. The Morgan fingerprint density at radius 2 is 1.97 bits per heavy atom. The van der Waals surface area contributed by atoms with Crippen molar-refractivity contribution in [3.05, 3.63) is 35.5 Å². The first kappa shape index (κ1) is 27.6. The van der Waals surface area contributed by atoms with E-state index in [-0.39, 0.29) is 30.1 Å². The summed E-state index contributed by atoms with van der Waals surface area (Å²) in [5.74, 6) is 1.13. The first-order valence-electron chi connectivity index (χ1n) is 13.9. The molecule has 194 valence electrons. The van der Waals surface area contributed by atoms with Crippen molar-refractivity contribution in [2.75, 3.05) is 13.2 Å². The smallest absolute Gasteiger partial charge is 0.0643 e. The van der Waals surface area contributed by atoms with E-state index in [0.29, 0.717) is 24.7 Å². The second-order valence-corrected chi connectivity index (χ2v) is 11.6. The molecule has 0 unspecified atom stereocenters. The maximum absolute atomic E-state index is 10.5. The molecular weight excluding hydrogens is 424 g/mol. The zero-order valence-electron chi connectivity index (χ0n) is 22.2. The van der Waals surface area contributed by atoms with Gasteiger partial charge in [-0.1, -0.05) is 45.1 Å². The van der Waals surface area contributed by atoms with E-state index < -0.39 is 5.60 Å². The van der Waals surface area contributed by atoms with Crippen molar-refractivity contribution >= 4 is 0 Å². The van der Waals surface area contributed by atoms with Crippen LogP contribution < -0.4 is 0 Å². The third-order valence-corrected chi connectivity index (χ3v) is 9.72. The Morgan fingerprint density at radius 1 is 1.24 bits per heavy atom. The third kappa shape index (κ3) is 6.06. The van der Waals surface area contributed by atoms with Crippen molar-refractivity contribution in [3.63, 3.8) is 0 Å². The molecule has 0 aromatic heterocycles. The highest BCUT2D eigenvalue weighted by atomic mass is 16.5. The highest BCUT2D eigenvalue weighted by Gasteiger charge is 2.51. The van der Waals surface area contributed by atoms with E-state index >= 15 is 0 Å². The number of aliphatic hydroxyl groups excluding tert-OH is 2. The number of allylic oxidation sites excluding steroid dienone is 3. The van der Waals surface area contributed by atoms with Crippen LogP contribution in [0.4, 0.5) is 0 Å². The highest BCUT2D eigenvalue weighted by Crippen LogP contribution is 2.58. The van der Waals surface area contributed by atoms with Crippen LogP contribution in [0.15, 0.2) is 35.5 Å². The van der Waals surface area contributed by atoms with Gasteiger partial charge in [0.05, 0.1) is 24.4 Å². The summed E-state index contributed by atoms with van der Waals surface area (Å²) < 4.78 is 6.36. The average Bonchev–Trinajstić information content (AvgIpc) is 3.19. The van der Waals surface area contributed by atoms with E-state index in [1.807, 2.05) is 0 Å². The maximum atomic E-state index is 10.5. The lowest BCUT2D eigenvalue weighted by atomic mass is 9.62. The van der Waals surface area contributed by atoms with E-state index in [2.05, 4.69) is 46.4 Å². The van der Waals surface area contributed by atoms with Crippen LogP contribution in [0.25, 0.3) is 0 Å². The van der Waals surface area contributed by atoms with Crippen LogP contribution in [0.5, 0.6) is 0 Å². The molecule has 0 saturated heterocycles. The van der Waals surface area contributed by atoms with Gasteiger partial charge in [-0.05, 0) is 106 Å². The van der Waals surface area contributed by atoms with Crippen LogP contribution >= 0.6 is 0 Å². The lowest BCUT2D eigenvalue weighted by Gasteiger charge is -2.44. The molecule has 0 spiro atoms. The topological polar surface area (TPSA) is 69.9 Å². The largest absolute Gasteiger partial charge is 0.396 e. The molecule has 3 rings (SSSR count). The lowest BCUT2D eigenvalue weighted by Crippen LogP contribution is -2.39. The van der Waals surface area contributed by atoms with Crippen molar-refractivity contribution < 1.29 is 20.1 Å². The van der Waals surface area contributed by atoms with Gasteiger partial charge >= 0.3 is 0 Å². The summed E-state index contributed by atoms with van der Waals surface area (Å²) in [6.45, 7) is 13.9. The standard InChI is InChI=1S/C30H50O4/c1-6-30(33,7-2)16-9-17-34-22(4)27-13-14-28-23(10-8-15-29(27,28)5)11-12-24-18-26(32)19-25(20-31)21(24)3/h11-12,22,25-28,31-33H,3,6-10,13-20H2,1-2,4-5H3/b23-11+,24-12-/t22-,25-,26-,27-,28+,29-/m1/s1. The van der Waals surface area contributed by atoms with E-state index in [0.717, 1.165) is 49.9 Å². The minimum atomic E-state index is -0.536. The van der Waals surface area contributed by atoms with Crippen LogP contribution in [-0.2, 0) is 4.74 Å². The van der Waals surface area contributed by atoms with Gasteiger partial charge in [-0.3, -0.25) is 0 Å². The van der Waals surface area contributed by atoms with Crippen molar-refractivity contribution in [3.8, 4) is 0 Å². The minimum absolute atomic E-state index is 0.0236. The van der Waals surface area contributed by atoms with Gasteiger partial charge in [0.25, 0.3) is 0 Å². The summed E-state index contributed by atoms with van der Waals surface area (Å²) in [5.41, 5.74) is 3.37. The summed E-state index contributed by atoms with van der Waals surface area (Å²) in [4.78, 5) is 0. The molecule has 0 radical (unpaired) electrons. The Hall–Kier alpha value is -0.940. The molecule has 3 aliphatic carbocycles. The summed E-state index contributed by atoms with van der Waals surface area (Å²) >= 11 is 0. The Morgan fingerprint density at radius 3 is 2.65 bits per heavy atom. The predicted octanol–water partition coefficient (Wildman–Crippen LogP) is 6.11. The van der Waals surface area contributed by atoms with Crippen LogP contribution in [0.1, 0.15) is 98.3 Å². The van der Waals surface area contributed by atoms with Crippen LogP contribution in [0, 0.1) is 23.2 Å². The normalized spacial score (nSPS) is 35.7. The van der Waals surface area contributed by atoms with E-state index in [1.165, 1.54) is 25.7 Å². The molecule has 3 saturated carbocycles. The average molecular weight is 475 g/mol. The van der Waals surface area contributed by atoms with Gasteiger partial charge < -0.3 is 20.1 Å². The molecule has 3 N–H and O–H groups in total. The first-order valence-corrected chi connectivity index (χ1v) is 13.9. The monoisotopic (exact) mass is 474 g/mol. The van der Waals surface area contributed by atoms with Gasteiger partial charge in [-0.25, -0.2) is 0 Å². The van der Waals surface area contributed by atoms with Crippen LogP contribution in [0.3, 0.4) is 0 Å². The summed E-state index contributed by atoms with van der Waals surface area (Å²) in [6, 6.07) is 0. The Kier molecular flexibility index (Phi) is 9.65. The molecule has 0 aromatic carbocycles. The van der Waals surface area contributed by atoms with Crippen molar-refractivity contribution in [2.24, 2.45) is 23.2 Å². The van der Waals surface area contributed by atoms with Crippen molar-refractivity contribution in [1.29, 1.82) is 0 Å². The summed E-state index contributed by atoms with van der Waals surface area (Å²) in [5, 5.41) is 30.4. The zero-order valence-corrected chi connectivity index (χ0v) is 22.2. The van der Waals surface area contributed by atoms with Gasteiger partial charge in [0.2, 0.25) is 0 Å². The number of fused-ring (bicyclic) bond motifs is 1. The third-order valence-electron chi connectivity index (χ3n) is 9.72. The molecule has 34 heavy (non-hydrogen) atoms. The SMILES string of the molecule is C=C1/C(=C\C=C2/CCC[C@]3(C)[C@@H]([C@@H](C)OCCCC(O)(CC)CC)CC[C@@H]23)C[C@@H](O)C[C@@H]1CO. The number of hydrogen-bond donors (Lipinski definition) is 3. The predicted molar refractivity (Wildman–Crippen MR) is 139 cm³/mol. The second kappa shape index (κ2) is 11.9. The Balaban J connectivity index is 1.63. The number of aliphatic hydroxyl groups is 3.